The summed E-state index contributed by atoms with van der Waals surface area (Å²) in [4.78, 5) is 1.50. The van der Waals surface area contributed by atoms with Crippen LogP contribution in [0.2, 0.25) is 0 Å². The molecule has 27 heavy (non-hydrogen) atoms. The lowest BCUT2D eigenvalue weighted by molar-refractivity contribution is -0.155. The van der Waals surface area contributed by atoms with Gasteiger partial charge in [0.05, 0.1) is 19.7 Å². The molecule has 0 bridgehead atoms. The molecule has 0 spiro atoms. The van der Waals surface area contributed by atoms with E-state index < -0.39 is 18.8 Å². The number of alkyl halides is 3. The van der Waals surface area contributed by atoms with Gasteiger partial charge in [0, 0.05) is 21.8 Å². The van der Waals surface area contributed by atoms with Gasteiger partial charge in [0.1, 0.15) is 5.75 Å². The number of nitrogens with zero attached hydrogens (tertiary/aromatic N) is 1. The van der Waals surface area contributed by atoms with E-state index in [9.17, 15) is 13.2 Å². The minimum Gasteiger partial charge on any atom is -0.496 e. The Kier molecular flexibility index (Phi) is 5.45. The summed E-state index contributed by atoms with van der Waals surface area (Å²) in [6.07, 6.45) is -3.77. The molecule has 146 valence electrons. The Morgan fingerprint density at radius 3 is 2.52 bits per heavy atom. The van der Waals surface area contributed by atoms with Crippen LogP contribution in [0.5, 0.6) is 5.75 Å². The van der Waals surface area contributed by atoms with E-state index in [4.69, 9.17) is 10.5 Å². The molecule has 1 aliphatic heterocycles. The second-order valence-electron chi connectivity index (χ2n) is 6.98. The van der Waals surface area contributed by atoms with Crippen molar-refractivity contribution in [3.8, 4) is 5.75 Å². The lowest BCUT2D eigenvalue weighted by atomic mass is 9.82. The minimum atomic E-state index is -4.30. The normalized spacial score (nSPS) is 20.4. The molecule has 1 aliphatic rings. The fourth-order valence-corrected chi connectivity index (χ4v) is 4.22. The van der Waals surface area contributed by atoms with Crippen molar-refractivity contribution in [2.24, 2.45) is 0 Å². The van der Waals surface area contributed by atoms with Crippen LogP contribution in [-0.4, -0.2) is 30.8 Å². The molecule has 2 atom stereocenters. The number of hydrogen-bond acceptors (Lipinski definition) is 3. The highest BCUT2D eigenvalue weighted by Crippen LogP contribution is 2.44. The zero-order valence-electron chi connectivity index (χ0n) is 15.4. The first-order valence-corrected chi connectivity index (χ1v) is 9.45. The molecule has 0 amide bonds. The van der Waals surface area contributed by atoms with E-state index in [2.05, 4.69) is 15.9 Å². The van der Waals surface area contributed by atoms with Crippen LogP contribution in [0.1, 0.15) is 35.2 Å². The zero-order chi connectivity index (χ0) is 19.9. The molecule has 0 saturated heterocycles. The molecule has 3 nitrogen and oxygen atoms in total. The average molecular weight is 443 g/mol. The summed E-state index contributed by atoms with van der Waals surface area (Å²) in [5.41, 5.74) is 10.2. The largest absolute Gasteiger partial charge is 0.496 e. The quantitative estimate of drug-likeness (QED) is 0.659. The van der Waals surface area contributed by atoms with Gasteiger partial charge in [-0.2, -0.15) is 13.2 Å². The Morgan fingerprint density at radius 1 is 1.22 bits per heavy atom. The van der Waals surface area contributed by atoms with Crippen LogP contribution in [0.4, 0.5) is 18.9 Å². The van der Waals surface area contributed by atoms with Gasteiger partial charge in [-0.05, 0) is 55.2 Å². The topological polar surface area (TPSA) is 38.5 Å². The number of nitrogens with two attached hydrogens (primary N) is 1. The molecular weight excluding hydrogens is 421 g/mol. The second-order valence-corrected chi connectivity index (χ2v) is 7.89. The summed E-state index contributed by atoms with van der Waals surface area (Å²) in [5, 5.41) is 0. The number of nitrogen functional groups attached to an aromatic ring is 1. The van der Waals surface area contributed by atoms with Crippen LogP contribution in [-0.2, 0) is 6.42 Å². The Hall–Kier alpha value is -1.73. The van der Waals surface area contributed by atoms with Gasteiger partial charge >= 0.3 is 6.18 Å². The van der Waals surface area contributed by atoms with Gasteiger partial charge in [-0.15, -0.1) is 0 Å². The maximum atomic E-state index is 13.4. The standard InChI is InChI=1S/C20H22BrF3N2O/c1-11-8-16-12(2)17(25)7-6-14(16)19(26(11)10-20(22,23)24)15-5-4-13(21)9-18(15)27-3/h4-7,9,11,19H,8,10,25H2,1-3H3/t11-,19?/m1/s1. The van der Waals surface area contributed by atoms with E-state index >= 15 is 0 Å². The summed E-state index contributed by atoms with van der Waals surface area (Å²) in [6, 6.07) is 8.19. The zero-order valence-corrected chi connectivity index (χ0v) is 17.0. The van der Waals surface area contributed by atoms with E-state index in [1.54, 1.807) is 12.1 Å². The Morgan fingerprint density at radius 2 is 1.89 bits per heavy atom. The van der Waals surface area contributed by atoms with Gasteiger partial charge in [-0.25, -0.2) is 0 Å². The molecule has 2 N–H and O–H groups in total. The molecule has 2 aromatic rings. The van der Waals surface area contributed by atoms with E-state index in [-0.39, 0.29) is 6.04 Å². The summed E-state index contributed by atoms with van der Waals surface area (Å²) >= 11 is 3.40. The second kappa shape index (κ2) is 7.36. The van der Waals surface area contributed by atoms with Crippen molar-refractivity contribution in [3.63, 3.8) is 0 Å². The number of fused-ring (bicyclic) bond motifs is 1. The van der Waals surface area contributed by atoms with Crippen LogP contribution >= 0.6 is 15.9 Å². The highest BCUT2D eigenvalue weighted by molar-refractivity contribution is 9.10. The van der Waals surface area contributed by atoms with Gasteiger partial charge < -0.3 is 10.5 Å². The van der Waals surface area contributed by atoms with E-state index in [1.165, 1.54) is 12.0 Å². The lowest BCUT2D eigenvalue weighted by Crippen LogP contribution is -2.47. The number of anilines is 1. The maximum absolute atomic E-state index is 13.4. The van der Waals surface area contributed by atoms with Gasteiger partial charge in [-0.1, -0.05) is 28.1 Å². The lowest BCUT2D eigenvalue weighted by Gasteiger charge is -2.43. The molecule has 0 saturated carbocycles. The SMILES string of the molecule is COc1cc(Br)ccc1C1c2ccc(N)c(C)c2C[C@@H](C)N1CC(F)(F)F. The van der Waals surface area contributed by atoms with Crippen molar-refractivity contribution in [1.29, 1.82) is 0 Å². The van der Waals surface area contributed by atoms with Crippen molar-refractivity contribution >= 4 is 21.6 Å². The van der Waals surface area contributed by atoms with Crippen LogP contribution in [0, 0.1) is 6.92 Å². The van der Waals surface area contributed by atoms with Crippen molar-refractivity contribution in [2.75, 3.05) is 19.4 Å². The Bertz CT molecular complexity index is 854. The predicted molar refractivity (Wildman–Crippen MR) is 104 cm³/mol. The molecule has 0 fully saturated rings. The first-order valence-electron chi connectivity index (χ1n) is 8.66. The van der Waals surface area contributed by atoms with Crippen molar-refractivity contribution in [3.05, 3.63) is 57.1 Å². The highest BCUT2D eigenvalue weighted by atomic mass is 79.9. The minimum absolute atomic E-state index is 0.294. The van der Waals surface area contributed by atoms with Gasteiger partial charge in [0.15, 0.2) is 0 Å². The van der Waals surface area contributed by atoms with E-state index in [0.717, 1.165) is 21.2 Å². The van der Waals surface area contributed by atoms with Crippen molar-refractivity contribution in [2.45, 2.75) is 38.5 Å². The predicted octanol–water partition coefficient (Wildman–Crippen LogP) is 5.25. The monoisotopic (exact) mass is 442 g/mol. The fraction of sp³-hybridized carbons (Fsp3) is 0.400. The average Bonchev–Trinajstić information content (AvgIpc) is 2.59. The summed E-state index contributed by atoms with van der Waals surface area (Å²) in [7, 11) is 1.53. The molecule has 2 aromatic carbocycles. The number of rotatable bonds is 3. The first-order chi connectivity index (χ1) is 12.6. The number of benzene rings is 2. The molecule has 3 rings (SSSR count). The van der Waals surface area contributed by atoms with Crippen LogP contribution in [0.3, 0.4) is 0 Å². The molecule has 1 unspecified atom stereocenters. The highest BCUT2D eigenvalue weighted by Gasteiger charge is 2.41. The third-order valence-electron chi connectivity index (χ3n) is 5.22. The number of methoxy groups -OCH3 is 1. The summed E-state index contributed by atoms with van der Waals surface area (Å²) in [6.45, 7) is 2.77. The number of halogens is 4. The third-order valence-corrected chi connectivity index (χ3v) is 5.71. The molecule has 0 aromatic heterocycles. The molecule has 1 heterocycles. The number of hydrogen-bond donors (Lipinski definition) is 1. The van der Waals surface area contributed by atoms with Gasteiger partial charge in [0.2, 0.25) is 0 Å². The van der Waals surface area contributed by atoms with Crippen LogP contribution in [0.25, 0.3) is 0 Å². The first kappa shape index (κ1) is 20.0. The van der Waals surface area contributed by atoms with Crippen molar-refractivity contribution < 1.29 is 17.9 Å². The summed E-state index contributed by atoms with van der Waals surface area (Å²) in [5.74, 6) is 0.552. The van der Waals surface area contributed by atoms with E-state index in [0.29, 0.717) is 23.4 Å². The molecule has 0 aliphatic carbocycles. The third kappa shape index (κ3) is 3.94. The Labute approximate surface area is 165 Å². The molecular formula is C20H22BrF3N2O. The number of ether oxygens (including phenoxy) is 1. The van der Waals surface area contributed by atoms with Crippen LogP contribution < -0.4 is 10.5 Å². The van der Waals surface area contributed by atoms with Gasteiger partial charge in [-0.3, -0.25) is 4.90 Å². The Balaban J connectivity index is 2.23. The van der Waals surface area contributed by atoms with Crippen LogP contribution in [0.15, 0.2) is 34.8 Å². The smallest absolute Gasteiger partial charge is 0.401 e. The summed E-state index contributed by atoms with van der Waals surface area (Å²) < 4.78 is 46.4. The fourth-order valence-electron chi connectivity index (χ4n) is 3.88. The van der Waals surface area contributed by atoms with Crippen molar-refractivity contribution in [1.82, 2.24) is 4.90 Å². The molecule has 0 radical (unpaired) electrons. The van der Waals surface area contributed by atoms with E-state index in [1.807, 2.05) is 32.0 Å². The maximum Gasteiger partial charge on any atom is 0.401 e. The van der Waals surface area contributed by atoms with Gasteiger partial charge in [0.25, 0.3) is 0 Å². The molecule has 7 heteroatoms.